The van der Waals surface area contributed by atoms with Crippen molar-refractivity contribution in [3.8, 4) is 5.75 Å². The zero-order valence-electron chi connectivity index (χ0n) is 12.4. The summed E-state index contributed by atoms with van der Waals surface area (Å²) in [6.45, 7) is 3.01. The van der Waals surface area contributed by atoms with Gasteiger partial charge >= 0.3 is 0 Å². The highest BCUT2D eigenvalue weighted by Gasteiger charge is 2.51. The first-order chi connectivity index (χ1) is 9.62. The van der Waals surface area contributed by atoms with Crippen LogP contribution in [0, 0.1) is 30.1 Å². The zero-order chi connectivity index (χ0) is 13.7. The Balaban J connectivity index is 1.49. The molecule has 0 aliphatic heterocycles. The molecule has 1 aromatic rings. The molecule has 2 N–H and O–H groups in total. The first kappa shape index (κ1) is 12.6. The standard InChI is InChI=1S/C18H25NO/c1-12-4-16(19)2-3-17(12)20-11-18-8-13-5-14(9-18)7-15(6-13)10-18/h2-4,13-15H,5-11,19H2,1H3. The second kappa shape index (κ2) is 4.41. The topological polar surface area (TPSA) is 35.2 Å². The minimum atomic E-state index is 0.489. The summed E-state index contributed by atoms with van der Waals surface area (Å²) in [7, 11) is 0. The third kappa shape index (κ3) is 2.10. The lowest BCUT2D eigenvalue weighted by atomic mass is 9.50. The van der Waals surface area contributed by atoms with Crippen LogP contribution in [0.4, 0.5) is 5.69 Å². The summed E-state index contributed by atoms with van der Waals surface area (Å²) in [6.07, 6.45) is 8.73. The van der Waals surface area contributed by atoms with Gasteiger partial charge in [0.1, 0.15) is 5.75 Å². The molecule has 0 atom stereocenters. The van der Waals surface area contributed by atoms with E-state index in [9.17, 15) is 0 Å². The molecule has 1 aromatic carbocycles. The van der Waals surface area contributed by atoms with E-state index in [0.29, 0.717) is 5.41 Å². The van der Waals surface area contributed by atoms with Gasteiger partial charge in [-0.25, -0.2) is 0 Å². The Bertz CT molecular complexity index is 487. The van der Waals surface area contributed by atoms with Gasteiger partial charge in [0.2, 0.25) is 0 Å². The summed E-state index contributed by atoms with van der Waals surface area (Å²) < 4.78 is 6.22. The maximum absolute atomic E-state index is 6.22. The molecule has 4 bridgehead atoms. The van der Waals surface area contributed by atoms with Gasteiger partial charge in [0.05, 0.1) is 6.61 Å². The molecule has 0 heterocycles. The van der Waals surface area contributed by atoms with Crippen molar-refractivity contribution in [1.82, 2.24) is 0 Å². The van der Waals surface area contributed by atoms with Crippen molar-refractivity contribution in [2.75, 3.05) is 12.3 Å². The highest BCUT2D eigenvalue weighted by Crippen LogP contribution is 2.60. The monoisotopic (exact) mass is 271 g/mol. The lowest BCUT2D eigenvalue weighted by molar-refractivity contribution is -0.0746. The lowest BCUT2D eigenvalue weighted by Gasteiger charge is -2.56. The Hall–Kier alpha value is -1.18. The van der Waals surface area contributed by atoms with E-state index >= 15 is 0 Å². The number of benzene rings is 1. The summed E-state index contributed by atoms with van der Waals surface area (Å²) >= 11 is 0. The van der Waals surface area contributed by atoms with Crippen molar-refractivity contribution in [3.63, 3.8) is 0 Å². The average Bonchev–Trinajstić information content (AvgIpc) is 2.36. The maximum atomic E-state index is 6.22. The number of nitrogens with two attached hydrogens (primary N) is 1. The SMILES string of the molecule is Cc1cc(N)ccc1OCC12CC3CC(CC(C3)C1)C2. The molecule has 0 spiro atoms. The van der Waals surface area contributed by atoms with Crippen molar-refractivity contribution >= 4 is 5.69 Å². The van der Waals surface area contributed by atoms with Crippen LogP contribution in [-0.2, 0) is 0 Å². The number of rotatable bonds is 3. The smallest absolute Gasteiger partial charge is 0.122 e. The summed E-state index contributed by atoms with van der Waals surface area (Å²) in [5.74, 6) is 4.02. The maximum Gasteiger partial charge on any atom is 0.122 e. The molecule has 0 amide bonds. The molecule has 2 nitrogen and oxygen atoms in total. The molecule has 108 valence electrons. The largest absolute Gasteiger partial charge is 0.493 e. The van der Waals surface area contributed by atoms with Crippen LogP contribution in [0.25, 0.3) is 0 Å². The second-order valence-corrected chi connectivity index (χ2v) is 7.73. The Morgan fingerprint density at radius 1 is 1.10 bits per heavy atom. The van der Waals surface area contributed by atoms with E-state index in [1.807, 2.05) is 18.2 Å². The molecule has 0 radical (unpaired) electrons. The quantitative estimate of drug-likeness (QED) is 0.837. The van der Waals surface area contributed by atoms with Crippen LogP contribution in [0.15, 0.2) is 18.2 Å². The fourth-order valence-electron chi connectivity index (χ4n) is 5.53. The van der Waals surface area contributed by atoms with Gasteiger partial charge in [-0.1, -0.05) is 0 Å². The minimum absolute atomic E-state index is 0.489. The van der Waals surface area contributed by atoms with Gasteiger partial charge < -0.3 is 10.5 Å². The summed E-state index contributed by atoms with van der Waals surface area (Å²) in [4.78, 5) is 0. The molecule has 5 rings (SSSR count). The molecule has 2 heteroatoms. The van der Waals surface area contributed by atoms with Crippen LogP contribution in [0.1, 0.15) is 44.1 Å². The molecule has 0 saturated heterocycles. The van der Waals surface area contributed by atoms with E-state index in [1.165, 1.54) is 38.5 Å². The van der Waals surface area contributed by atoms with Gasteiger partial charge in [0.25, 0.3) is 0 Å². The van der Waals surface area contributed by atoms with Crippen LogP contribution in [0.2, 0.25) is 0 Å². The lowest BCUT2D eigenvalue weighted by Crippen LogP contribution is -2.48. The number of nitrogen functional groups attached to an aromatic ring is 1. The van der Waals surface area contributed by atoms with Crippen molar-refractivity contribution in [2.24, 2.45) is 23.2 Å². The van der Waals surface area contributed by atoms with E-state index < -0.39 is 0 Å². The van der Waals surface area contributed by atoms with Crippen molar-refractivity contribution in [3.05, 3.63) is 23.8 Å². The van der Waals surface area contributed by atoms with Gasteiger partial charge in [-0.15, -0.1) is 0 Å². The molecule has 4 saturated carbocycles. The van der Waals surface area contributed by atoms with Crippen molar-refractivity contribution in [2.45, 2.75) is 45.4 Å². The number of hydrogen-bond acceptors (Lipinski definition) is 2. The molecule has 20 heavy (non-hydrogen) atoms. The molecule has 0 aromatic heterocycles. The molecule has 4 aliphatic rings. The van der Waals surface area contributed by atoms with E-state index in [-0.39, 0.29) is 0 Å². The third-order valence-corrected chi connectivity index (χ3v) is 5.90. The third-order valence-electron chi connectivity index (χ3n) is 5.90. The van der Waals surface area contributed by atoms with Crippen LogP contribution in [0.5, 0.6) is 5.75 Å². The fraction of sp³-hybridized carbons (Fsp3) is 0.667. The van der Waals surface area contributed by atoms with Crippen LogP contribution >= 0.6 is 0 Å². The van der Waals surface area contributed by atoms with Gasteiger partial charge in [-0.3, -0.25) is 0 Å². The number of ether oxygens (including phenoxy) is 1. The highest BCUT2D eigenvalue weighted by molar-refractivity contribution is 5.47. The minimum Gasteiger partial charge on any atom is -0.493 e. The fourth-order valence-corrected chi connectivity index (χ4v) is 5.53. The van der Waals surface area contributed by atoms with Gasteiger partial charge in [0.15, 0.2) is 0 Å². The number of anilines is 1. The van der Waals surface area contributed by atoms with E-state index in [1.54, 1.807) is 0 Å². The first-order valence-corrected chi connectivity index (χ1v) is 8.11. The van der Waals surface area contributed by atoms with Crippen LogP contribution in [0.3, 0.4) is 0 Å². The normalized spacial score (nSPS) is 38.1. The average molecular weight is 271 g/mol. The summed E-state index contributed by atoms with van der Waals surface area (Å²) in [5, 5.41) is 0. The number of aryl methyl sites for hydroxylation is 1. The highest BCUT2D eigenvalue weighted by atomic mass is 16.5. The molecule has 4 fully saturated rings. The van der Waals surface area contributed by atoms with Crippen LogP contribution < -0.4 is 10.5 Å². The molecule has 4 aliphatic carbocycles. The molecular formula is C18H25NO. The Labute approximate surface area is 121 Å². The van der Waals surface area contributed by atoms with E-state index in [4.69, 9.17) is 10.5 Å². The van der Waals surface area contributed by atoms with Gasteiger partial charge in [-0.2, -0.15) is 0 Å². The Morgan fingerprint density at radius 2 is 1.70 bits per heavy atom. The predicted octanol–water partition coefficient (Wildman–Crippen LogP) is 4.17. The first-order valence-electron chi connectivity index (χ1n) is 8.11. The summed E-state index contributed by atoms with van der Waals surface area (Å²) in [5.41, 5.74) is 8.29. The van der Waals surface area contributed by atoms with Crippen molar-refractivity contribution in [1.29, 1.82) is 0 Å². The van der Waals surface area contributed by atoms with Crippen LogP contribution in [-0.4, -0.2) is 6.61 Å². The predicted molar refractivity (Wildman–Crippen MR) is 81.7 cm³/mol. The molecular weight excluding hydrogens is 246 g/mol. The van der Waals surface area contributed by atoms with Crippen molar-refractivity contribution < 1.29 is 4.74 Å². The Morgan fingerprint density at radius 3 is 2.25 bits per heavy atom. The number of hydrogen-bond donors (Lipinski definition) is 1. The van der Waals surface area contributed by atoms with E-state index in [2.05, 4.69) is 6.92 Å². The van der Waals surface area contributed by atoms with E-state index in [0.717, 1.165) is 41.4 Å². The molecule has 0 unspecified atom stereocenters. The Kier molecular flexibility index (Phi) is 2.77. The zero-order valence-corrected chi connectivity index (χ0v) is 12.4. The van der Waals surface area contributed by atoms with Gasteiger partial charge in [-0.05, 0) is 87.0 Å². The van der Waals surface area contributed by atoms with Gasteiger partial charge in [0, 0.05) is 11.1 Å². The summed E-state index contributed by atoms with van der Waals surface area (Å²) in [6, 6.07) is 5.99. The second-order valence-electron chi connectivity index (χ2n) is 7.73.